The third kappa shape index (κ3) is 5.43. The minimum atomic E-state index is -1.07. The van der Waals surface area contributed by atoms with E-state index in [1.807, 2.05) is 13.0 Å². The van der Waals surface area contributed by atoms with Crippen molar-refractivity contribution in [2.45, 2.75) is 6.92 Å². The zero-order valence-electron chi connectivity index (χ0n) is 23.8. The lowest BCUT2D eigenvalue weighted by Crippen LogP contribution is -2.55. The Bertz CT molecular complexity index is 1680. The first-order valence-corrected chi connectivity index (χ1v) is 14.0. The molecule has 0 unspecified atom stereocenters. The molecule has 2 saturated heterocycles. The number of aryl methyl sites for hydroxylation is 1. The molecule has 0 bridgehead atoms. The molecule has 2 aliphatic rings. The summed E-state index contributed by atoms with van der Waals surface area (Å²) >= 11 is 0. The minimum Gasteiger partial charge on any atom is -0.494 e. The van der Waals surface area contributed by atoms with Crippen molar-refractivity contribution in [3.63, 3.8) is 0 Å². The molecule has 4 aromatic rings. The lowest BCUT2D eigenvalue weighted by atomic mass is 10.1. The quantitative estimate of drug-likeness (QED) is 0.375. The third-order valence-corrected chi connectivity index (χ3v) is 7.81. The molecular formula is C30H31F2N7O4. The molecule has 3 amide bonds. The van der Waals surface area contributed by atoms with E-state index in [4.69, 9.17) is 9.47 Å². The molecule has 224 valence electrons. The second-order valence-corrected chi connectivity index (χ2v) is 10.4. The van der Waals surface area contributed by atoms with Gasteiger partial charge in [-0.2, -0.15) is 4.39 Å². The maximum Gasteiger partial charge on any atom is 0.320 e. The van der Waals surface area contributed by atoms with Crippen LogP contribution in [0.3, 0.4) is 0 Å². The fraction of sp³-hybridized carbons (Fsp3) is 0.333. The molecule has 1 N–H and O–H groups in total. The predicted octanol–water partition coefficient (Wildman–Crippen LogP) is 3.95. The van der Waals surface area contributed by atoms with E-state index in [9.17, 15) is 18.4 Å². The molecular weight excluding hydrogens is 560 g/mol. The van der Waals surface area contributed by atoms with E-state index in [1.54, 1.807) is 37.4 Å². The number of imidazole rings is 1. The first kappa shape index (κ1) is 28.3. The highest BCUT2D eigenvalue weighted by atomic mass is 19.2. The number of morpholine rings is 1. The topological polar surface area (TPSA) is 105 Å². The standard InChI is InChI=1S/C30H31F2N7O4/c1-19-17-20(3-4-21(19)29(40)36-9-11-37(12-10-36)30(41)38-13-15-43-16-14-38)35-27-28-34-18-23(39(28)8-7-33-27)22-5-6-24(42-2)26(32)25(22)31/h3-8,17-18H,9-16H2,1-2H3,(H,33,35). The van der Waals surface area contributed by atoms with Crippen molar-refractivity contribution in [3.8, 4) is 17.0 Å². The number of amides is 3. The van der Waals surface area contributed by atoms with Gasteiger partial charge in [-0.25, -0.2) is 19.2 Å². The van der Waals surface area contributed by atoms with Crippen LogP contribution in [0.4, 0.5) is 25.1 Å². The van der Waals surface area contributed by atoms with Crippen molar-refractivity contribution in [1.82, 2.24) is 29.1 Å². The van der Waals surface area contributed by atoms with Crippen LogP contribution in [-0.4, -0.2) is 101 Å². The number of methoxy groups -OCH3 is 1. The fourth-order valence-corrected chi connectivity index (χ4v) is 5.44. The van der Waals surface area contributed by atoms with Gasteiger partial charge in [0.05, 0.1) is 32.2 Å². The highest BCUT2D eigenvalue weighted by Gasteiger charge is 2.29. The van der Waals surface area contributed by atoms with Crippen LogP contribution in [0, 0.1) is 18.6 Å². The second-order valence-electron chi connectivity index (χ2n) is 10.4. The smallest absolute Gasteiger partial charge is 0.320 e. The number of halogens is 2. The van der Waals surface area contributed by atoms with Crippen LogP contribution in [0.2, 0.25) is 0 Å². The number of carbonyl (C=O) groups is 2. The Labute approximate surface area is 246 Å². The average Bonchev–Trinajstić information content (AvgIpc) is 3.47. The molecule has 43 heavy (non-hydrogen) atoms. The van der Waals surface area contributed by atoms with Gasteiger partial charge in [0.1, 0.15) is 0 Å². The van der Waals surface area contributed by atoms with Gasteiger partial charge in [0.15, 0.2) is 23.0 Å². The van der Waals surface area contributed by atoms with Crippen LogP contribution < -0.4 is 10.1 Å². The number of nitrogens with zero attached hydrogens (tertiary/aromatic N) is 6. The van der Waals surface area contributed by atoms with E-state index in [0.29, 0.717) is 80.9 Å². The van der Waals surface area contributed by atoms with Gasteiger partial charge in [0.2, 0.25) is 5.82 Å². The number of fused-ring (bicyclic) bond motifs is 1. The van der Waals surface area contributed by atoms with Crippen molar-refractivity contribution >= 4 is 29.1 Å². The molecule has 0 atom stereocenters. The molecule has 0 radical (unpaired) electrons. The first-order valence-electron chi connectivity index (χ1n) is 14.0. The third-order valence-electron chi connectivity index (χ3n) is 7.81. The van der Waals surface area contributed by atoms with Crippen LogP contribution in [0.25, 0.3) is 16.9 Å². The molecule has 0 aliphatic carbocycles. The summed E-state index contributed by atoms with van der Waals surface area (Å²) in [6.07, 6.45) is 4.60. The largest absolute Gasteiger partial charge is 0.494 e. The molecule has 2 fully saturated rings. The molecule has 13 heteroatoms. The lowest BCUT2D eigenvalue weighted by Gasteiger charge is -2.38. The van der Waals surface area contributed by atoms with Gasteiger partial charge in [0, 0.05) is 68.5 Å². The summed E-state index contributed by atoms with van der Waals surface area (Å²) < 4.78 is 41.0. The van der Waals surface area contributed by atoms with E-state index in [2.05, 4.69) is 15.3 Å². The van der Waals surface area contributed by atoms with Crippen LogP contribution in [0.5, 0.6) is 5.75 Å². The van der Waals surface area contributed by atoms with Crippen molar-refractivity contribution in [2.24, 2.45) is 0 Å². The normalized spacial score (nSPS) is 15.6. The number of ether oxygens (including phenoxy) is 2. The number of nitrogens with one attached hydrogen (secondary N) is 1. The number of urea groups is 1. The SMILES string of the molecule is COc1ccc(-c2cnc3c(Nc4ccc(C(=O)N5CCN(C(=O)N6CCOCC6)CC5)c(C)c4)nccn23)c(F)c1F. The Morgan fingerprint density at radius 3 is 2.37 bits per heavy atom. The van der Waals surface area contributed by atoms with Gasteiger partial charge >= 0.3 is 6.03 Å². The summed E-state index contributed by atoms with van der Waals surface area (Å²) in [7, 11) is 1.28. The van der Waals surface area contributed by atoms with E-state index in [1.165, 1.54) is 31.6 Å². The van der Waals surface area contributed by atoms with E-state index in [0.717, 1.165) is 5.56 Å². The van der Waals surface area contributed by atoms with Gasteiger partial charge in [-0.05, 0) is 42.8 Å². The summed E-state index contributed by atoms with van der Waals surface area (Å²) in [5, 5.41) is 3.23. The molecule has 2 aromatic carbocycles. The summed E-state index contributed by atoms with van der Waals surface area (Å²) in [5.74, 6) is -1.97. The zero-order chi connectivity index (χ0) is 30.1. The number of carbonyl (C=O) groups excluding carboxylic acids is 2. The van der Waals surface area contributed by atoms with Gasteiger partial charge in [-0.15, -0.1) is 0 Å². The molecule has 0 spiro atoms. The number of benzene rings is 2. The number of hydrogen-bond acceptors (Lipinski definition) is 7. The number of hydrogen-bond donors (Lipinski definition) is 1. The van der Waals surface area contributed by atoms with Crippen molar-refractivity contribution < 1.29 is 27.8 Å². The van der Waals surface area contributed by atoms with E-state index >= 15 is 0 Å². The second kappa shape index (κ2) is 11.8. The van der Waals surface area contributed by atoms with Crippen LogP contribution >= 0.6 is 0 Å². The summed E-state index contributed by atoms with van der Waals surface area (Å²) in [5.41, 5.74) is 2.83. The van der Waals surface area contributed by atoms with Crippen LogP contribution in [0.1, 0.15) is 15.9 Å². The van der Waals surface area contributed by atoms with Gasteiger partial charge in [0.25, 0.3) is 5.91 Å². The molecule has 2 aromatic heterocycles. The Morgan fingerprint density at radius 2 is 1.65 bits per heavy atom. The molecule has 0 saturated carbocycles. The molecule has 6 rings (SSSR count). The number of rotatable bonds is 5. The number of piperazine rings is 1. The van der Waals surface area contributed by atoms with Gasteiger partial charge < -0.3 is 29.5 Å². The fourth-order valence-electron chi connectivity index (χ4n) is 5.44. The lowest BCUT2D eigenvalue weighted by molar-refractivity contribution is 0.0362. The monoisotopic (exact) mass is 591 g/mol. The average molecular weight is 592 g/mol. The van der Waals surface area contributed by atoms with E-state index < -0.39 is 11.6 Å². The Morgan fingerprint density at radius 1 is 0.930 bits per heavy atom. The minimum absolute atomic E-state index is 0.00321. The molecule has 2 aliphatic heterocycles. The Kier molecular flexibility index (Phi) is 7.80. The Hall–Kier alpha value is -4.78. The molecule has 11 nitrogen and oxygen atoms in total. The summed E-state index contributed by atoms with van der Waals surface area (Å²) in [4.78, 5) is 40.3. The number of anilines is 2. The predicted molar refractivity (Wildman–Crippen MR) is 155 cm³/mol. The summed E-state index contributed by atoms with van der Waals surface area (Å²) in [6.45, 7) is 6.02. The van der Waals surface area contributed by atoms with Crippen molar-refractivity contribution in [3.05, 3.63) is 71.7 Å². The molecule has 4 heterocycles. The van der Waals surface area contributed by atoms with Gasteiger partial charge in [-0.3, -0.25) is 9.20 Å². The first-order chi connectivity index (χ1) is 20.9. The highest BCUT2D eigenvalue weighted by Crippen LogP contribution is 2.31. The van der Waals surface area contributed by atoms with Crippen molar-refractivity contribution in [1.29, 1.82) is 0 Å². The highest BCUT2D eigenvalue weighted by molar-refractivity contribution is 5.96. The Balaban J connectivity index is 1.15. The number of aromatic nitrogens is 3. The van der Waals surface area contributed by atoms with E-state index in [-0.39, 0.29) is 23.3 Å². The van der Waals surface area contributed by atoms with Crippen molar-refractivity contribution in [2.75, 3.05) is 64.9 Å². The van der Waals surface area contributed by atoms with Crippen LogP contribution in [-0.2, 0) is 4.74 Å². The zero-order valence-corrected chi connectivity index (χ0v) is 23.8. The summed E-state index contributed by atoms with van der Waals surface area (Å²) in [6, 6.07) is 8.19. The maximum atomic E-state index is 14.8. The van der Waals surface area contributed by atoms with Gasteiger partial charge in [-0.1, -0.05) is 0 Å². The maximum absolute atomic E-state index is 14.8. The van der Waals surface area contributed by atoms with Crippen LogP contribution in [0.15, 0.2) is 48.9 Å².